The third-order valence-corrected chi connectivity index (χ3v) is 3.38. The van der Waals surface area contributed by atoms with Crippen LogP contribution < -0.4 is 0 Å². The zero-order valence-electron chi connectivity index (χ0n) is 10.4. The molecule has 0 aliphatic rings. The third-order valence-electron chi connectivity index (χ3n) is 2.91. The maximum atomic E-state index is 9.00. The summed E-state index contributed by atoms with van der Waals surface area (Å²) in [6.45, 7) is 9.94. The van der Waals surface area contributed by atoms with Crippen LogP contribution in [-0.2, 0) is 0 Å². The maximum Gasteiger partial charge on any atom is 0.0558 e. The number of aliphatic hydroxyl groups is 1. The predicted octanol–water partition coefficient (Wildman–Crippen LogP) is 2.28. The summed E-state index contributed by atoms with van der Waals surface area (Å²) >= 11 is 4.40. The molecule has 1 N–H and O–H groups in total. The van der Waals surface area contributed by atoms with E-state index in [9.17, 15) is 0 Å². The standard InChI is InChI=1S/C12H27NOS/c1-4-5-6-13(7-8-14)9-12(10-15)11(2)3/h11-12,14-15H,4-10H2,1-3H3. The summed E-state index contributed by atoms with van der Waals surface area (Å²) in [5, 5.41) is 9.00. The van der Waals surface area contributed by atoms with E-state index in [0.717, 1.165) is 25.4 Å². The lowest BCUT2D eigenvalue weighted by Crippen LogP contribution is -2.35. The van der Waals surface area contributed by atoms with E-state index in [-0.39, 0.29) is 6.61 Å². The largest absolute Gasteiger partial charge is 0.395 e. The van der Waals surface area contributed by atoms with Gasteiger partial charge in [-0.1, -0.05) is 27.2 Å². The van der Waals surface area contributed by atoms with Gasteiger partial charge in [0.2, 0.25) is 0 Å². The molecule has 2 nitrogen and oxygen atoms in total. The van der Waals surface area contributed by atoms with Crippen LogP contribution in [0, 0.1) is 11.8 Å². The lowest BCUT2D eigenvalue weighted by atomic mass is 9.97. The quantitative estimate of drug-likeness (QED) is 0.597. The smallest absolute Gasteiger partial charge is 0.0558 e. The molecule has 0 saturated carbocycles. The van der Waals surface area contributed by atoms with Gasteiger partial charge >= 0.3 is 0 Å². The first-order valence-electron chi connectivity index (χ1n) is 6.09. The highest BCUT2D eigenvalue weighted by Gasteiger charge is 2.15. The average molecular weight is 233 g/mol. The fourth-order valence-corrected chi connectivity index (χ4v) is 2.17. The molecule has 0 bridgehead atoms. The first-order chi connectivity index (χ1) is 7.15. The molecule has 0 radical (unpaired) electrons. The van der Waals surface area contributed by atoms with Crippen molar-refractivity contribution in [3.8, 4) is 0 Å². The maximum absolute atomic E-state index is 9.00. The van der Waals surface area contributed by atoms with Gasteiger partial charge in [0.25, 0.3) is 0 Å². The highest BCUT2D eigenvalue weighted by atomic mass is 32.1. The third kappa shape index (κ3) is 7.20. The van der Waals surface area contributed by atoms with Crippen molar-refractivity contribution in [1.82, 2.24) is 4.90 Å². The molecule has 0 heterocycles. The molecule has 0 fully saturated rings. The van der Waals surface area contributed by atoms with Crippen molar-refractivity contribution < 1.29 is 5.11 Å². The van der Waals surface area contributed by atoms with Gasteiger partial charge in [0.1, 0.15) is 0 Å². The lowest BCUT2D eigenvalue weighted by Gasteiger charge is -2.28. The number of hydrogen-bond acceptors (Lipinski definition) is 3. The topological polar surface area (TPSA) is 23.5 Å². The molecule has 0 aromatic heterocycles. The second-order valence-electron chi connectivity index (χ2n) is 4.56. The lowest BCUT2D eigenvalue weighted by molar-refractivity contribution is 0.165. The van der Waals surface area contributed by atoms with Gasteiger partial charge in [-0.15, -0.1) is 0 Å². The number of rotatable bonds is 9. The van der Waals surface area contributed by atoms with Crippen LogP contribution in [0.25, 0.3) is 0 Å². The summed E-state index contributed by atoms with van der Waals surface area (Å²) in [6, 6.07) is 0. The highest BCUT2D eigenvalue weighted by molar-refractivity contribution is 7.80. The van der Waals surface area contributed by atoms with E-state index in [1.165, 1.54) is 12.8 Å². The molecule has 0 rings (SSSR count). The van der Waals surface area contributed by atoms with Gasteiger partial charge in [-0.05, 0) is 30.6 Å². The fourth-order valence-electron chi connectivity index (χ4n) is 1.63. The Morgan fingerprint density at radius 2 is 1.93 bits per heavy atom. The SMILES string of the molecule is CCCCN(CCO)CC(CS)C(C)C. The van der Waals surface area contributed by atoms with Crippen LogP contribution in [0.3, 0.4) is 0 Å². The zero-order chi connectivity index (χ0) is 11.7. The normalized spacial score (nSPS) is 13.8. The van der Waals surface area contributed by atoms with Gasteiger partial charge in [-0.25, -0.2) is 0 Å². The molecule has 0 aromatic rings. The number of thiol groups is 1. The summed E-state index contributed by atoms with van der Waals surface area (Å²) in [7, 11) is 0. The van der Waals surface area contributed by atoms with Gasteiger partial charge < -0.3 is 10.0 Å². The Balaban J connectivity index is 3.99. The minimum Gasteiger partial charge on any atom is -0.395 e. The van der Waals surface area contributed by atoms with E-state index in [4.69, 9.17) is 5.11 Å². The molecular weight excluding hydrogens is 206 g/mol. The molecule has 1 atom stereocenters. The molecule has 0 spiro atoms. The Morgan fingerprint density at radius 3 is 2.33 bits per heavy atom. The van der Waals surface area contributed by atoms with Gasteiger partial charge in [0.05, 0.1) is 6.61 Å². The Morgan fingerprint density at radius 1 is 1.27 bits per heavy atom. The van der Waals surface area contributed by atoms with Crippen molar-refractivity contribution in [2.45, 2.75) is 33.6 Å². The van der Waals surface area contributed by atoms with E-state index in [1.54, 1.807) is 0 Å². The van der Waals surface area contributed by atoms with E-state index < -0.39 is 0 Å². The van der Waals surface area contributed by atoms with Crippen molar-refractivity contribution in [3.05, 3.63) is 0 Å². The van der Waals surface area contributed by atoms with Crippen LogP contribution in [0.4, 0.5) is 0 Å². The monoisotopic (exact) mass is 233 g/mol. The Labute approximate surface area is 100 Å². The highest BCUT2D eigenvalue weighted by Crippen LogP contribution is 2.14. The number of aliphatic hydroxyl groups excluding tert-OH is 1. The second-order valence-corrected chi connectivity index (χ2v) is 4.93. The van der Waals surface area contributed by atoms with E-state index >= 15 is 0 Å². The second kappa shape index (κ2) is 9.49. The molecule has 0 aliphatic heterocycles. The summed E-state index contributed by atoms with van der Waals surface area (Å²) < 4.78 is 0. The molecule has 3 heteroatoms. The minimum absolute atomic E-state index is 0.265. The summed E-state index contributed by atoms with van der Waals surface area (Å²) in [5.74, 6) is 2.24. The van der Waals surface area contributed by atoms with Crippen molar-refractivity contribution in [2.75, 3.05) is 32.0 Å². The Bertz CT molecular complexity index is 142. The van der Waals surface area contributed by atoms with E-state index in [2.05, 4.69) is 38.3 Å². The van der Waals surface area contributed by atoms with Crippen LogP contribution >= 0.6 is 12.6 Å². The van der Waals surface area contributed by atoms with Crippen LogP contribution in [0.15, 0.2) is 0 Å². The van der Waals surface area contributed by atoms with E-state index in [1.807, 2.05) is 0 Å². The number of hydrogen-bond donors (Lipinski definition) is 2. The van der Waals surface area contributed by atoms with Crippen LogP contribution in [0.5, 0.6) is 0 Å². The minimum atomic E-state index is 0.265. The average Bonchev–Trinajstić information content (AvgIpc) is 2.21. The van der Waals surface area contributed by atoms with E-state index in [0.29, 0.717) is 11.8 Å². The summed E-state index contributed by atoms with van der Waals surface area (Å²) in [4.78, 5) is 2.37. The van der Waals surface area contributed by atoms with Crippen LogP contribution in [-0.4, -0.2) is 42.0 Å². The fraction of sp³-hybridized carbons (Fsp3) is 1.00. The van der Waals surface area contributed by atoms with Gasteiger partial charge in [-0.3, -0.25) is 0 Å². The first kappa shape index (κ1) is 15.3. The van der Waals surface area contributed by atoms with Crippen LogP contribution in [0.2, 0.25) is 0 Å². The molecule has 0 saturated heterocycles. The molecule has 15 heavy (non-hydrogen) atoms. The molecule has 0 amide bonds. The molecule has 0 aliphatic carbocycles. The Hall–Kier alpha value is 0.270. The van der Waals surface area contributed by atoms with Crippen molar-refractivity contribution in [2.24, 2.45) is 11.8 Å². The van der Waals surface area contributed by atoms with Crippen molar-refractivity contribution in [1.29, 1.82) is 0 Å². The zero-order valence-corrected chi connectivity index (χ0v) is 11.3. The number of nitrogens with zero attached hydrogens (tertiary/aromatic N) is 1. The van der Waals surface area contributed by atoms with Gasteiger partial charge in [0.15, 0.2) is 0 Å². The Kier molecular flexibility index (Phi) is 9.66. The summed E-state index contributed by atoms with van der Waals surface area (Å²) in [5.41, 5.74) is 0. The van der Waals surface area contributed by atoms with Crippen molar-refractivity contribution >= 4 is 12.6 Å². The molecule has 92 valence electrons. The molecular formula is C12H27NOS. The van der Waals surface area contributed by atoms with Crippen LogP contribution in [0.1, 0.15) is 33.6 Å². The number of unbranched alkanes of at least 4 members (excludes halogenated alkanes) is 1. The predicted molar refractivity (Wildman–Crippen MR) is 70.6 cm³/mol. The summed E-state index contributed by atoms with van der Waals surface area (Å²) in [6.07, 6.45) is 2.44. The van der Waals surface area contributed by atoms with Gasteiger partial charge in [0, 0.05) is 13.1 Å². The van der Waals surface area contributed by atoms with Gasteiger partial charge in [-0.2, -0.15) is 12.6 Å². The first-order valence-corrected chi connectivity index (χ1v) is 6.73. The molecule has 0 aromatic carbocycles. The molecule has 1 unspecified atom stereocenters. The van der Waals surface area contributed by atoms with Crippen molar-refractivity contribution in [3.63, 3.8) is 0 Å².